The minimum absolute atomic E-state index is 0.101. The normalized spacial score (nSPS) is 28.0. The van der Waals surface area contributed by atoms with Crippen LogP contribution in [-0.4, -0.2) is 53.5 Å². The Morgan fingerprint density at radius 1 is 1.09 bits per heavy atom. The van der Waals surface area contributed by atoms with Crippen LogP contribution >= 0.6 is 0 Å². The predicted molar refractivity (Wildman–Crippen MR) is 83.4 cm³/mol. The fourth-order valence-electron chi connectivity index (χ4n) is 3.68. The summed E-state index contributed by atoms with van der Waals surface area (Å²) in [5.41, 5.74) is 2.31. The van der Waals surface area contributed by atoms with Crippen molar-refractivity contribution in [2.24, 2.45) is 0 Å². The van der Waals surface area contributed by atoms with E-state index in [2.05, 4.69) is 10.2 Å². The second kappa shape index (κ2) is 6.01. The molecule has 1 aromatic heterocycles. The molecule has 2 atom stereocenters. The molecular formula is C16H24N4O2. The number of ether oxygens (including phenoxy) is 1. The van der Waals surface area contributed by atoms with Gasteiger partial charge in [-0.05, 0) is 38.5 Å². The molecule has 6 heteroatoms. The van der Waals surface area contributed by atoms with Crippen molar-refractivity contribution in [2.45, 2.75) is 50.7 Å². The summed E-state index contributed by atoms with van der Waals surface area (Å²) in [6.45, 7) is 3.81. The van der Waals surface area contributed by atoms with Gasteiger partial charge in [-0.3, -0.25) is 0 Å². The van der Waals surface area contributed by atoms with E-state index in [-0.39, 0.29) is 12.2 Å². The van der Waals surface area contributed by atoms with Crippen LogP contribution in [0.4, 0.5) is 5.95 Å². The van der Waals surface area contributed by atoms with Crippen molar-refractivity contribution in [2.75, 3.05) is 31.1 Å². The quantitative estimate of drug-likeness (QED) is 0.855. The van der Waals surface area contributed by atoms with Crippen molar-refractivity contribution in [3.05, 3.63) is 11.3 Å². The standard InChI is InChI=1S/C16H24N4O2/c21-13-5-2-6-14(13)22-15-11-3-1-4-12(11)18-16(19-15)20-9-7-17-8-10-20/h13-14,17,21H,1-10H2/t13-,14-/m1/s1. The summed E-state index contributed by atoms with van der Waals surface area (Å²) in [4.78, 5) is 11.7. The summed E-state index contributed by atoms with van der Waals surface area (Å²) in [6, 6.07) is 0. The van der Waals surface area contributed by atoms with E-state index < -0.39 is 0 Å². The fraction of sp³-hybridized carbons (Fsp3) is 0.750. The minimum Gasteiger partial charge on any atom is -0.471 e. The number of nitrogens with zero attached hydrogens (tertiary/aromatic N) is 3. The number of aliphatic hydroxyl groups is 1. The first-order valence-corrected chi connectivity index (χ1v) is 8.51. The number of fused-ring (bicyclic) bond motifs is 1. The second-order valence-corrected chi connectivity index (χ2v) is 6.50. The molecule has 1 aliphatic heterocycles. The molecule has 0 unspecified atom stereocenters. The fourth-order valence-corrected chi connectivity index (χ4v) is 3.68. The lowest BCUT2D eigenvalue weighted by atomic mass is 10.2. The number of aliphatic hydroxyl groups excluding tert-OH is 1. The van der Waals surface area contributed by atoms with E-state index in [1.165, 1.54) is 0 Å². The van der Waals surface area contributed by atoms with Gasteiger partial charge < -0.3 is 20.1 Å². The SMILES string of the molecule is O[C@@H]1CCC[C@H]1Oc1nc(N2CCNCC2)nc2c1CCC2. The second-order valence-electron chi connectivity index (χ2n) is 6.50. The summed E-state index contributed by atoms with van der Waals surface area (Å²) in [5, 5.41) is 13.4. The molecule has 2 N–H and O–H groups in total. The minimum atomic E-state index is -0.352. The molecule has 1 aromatic rings. The Morgan fingerprint density at radius 2 is 1.95 bits per heavy atom. The van der Waals surface area contributed by atoms with E-state index in [1.54, 1.807) is 0 Å². The van der Waals surface area contributed by atoms with E-state index in [0.717, 1.165) is 87.8 Å². The molecule has 1 saturated heterocycles. The van der Waals surface area contributed by atoms with Crippen molar-refractivity contribution in [1.29, 1.82) is 0 Å². The van der Waals surface area contributed by atoms with Crippen molar-refractivity contribution >= 4 is 5.95 Å². The number of hydrogen-bond acceptors (Lipinski definition) is 6. The lowest BCUT2D eigenvalue weighted by Gasteiger charge is -2.28. The monoisotopic (exact) mass is 304 g/mol. The molecule has 0 aromatic carbocycles. The van der Waals surface area contributed by atoms with Crippen LogP contribution < -0.4 is 15.0 Å². The van der Waals surface area contributed by atoms with E-state index in [0.29, 0.717) is 0 Å². The van der Waals surface area contributed by atoms with Gasteiger partial charge in [-0.1, -0.05) is 0 Å². The van der Waals surface area contributed by atoms with Crippen LogP contribution in [-0.2, 0) is 12.8 Å². The number of rotatable bonds is 3. The maximum Gasteiger partial charge on any atom is 0.228 e. The van der Waals surface area contributed by atoms with E-state index in [1.807, 2.05) is 0 Å². The van der Waals surface area contributed by atoms with Crippen LogP contribution in [0, 0.1) is 0 Å². The molecule has 4 rings (SSSR count). The van der Waals surface area contributed by atoms with Gasteiger partial charge in [-0.2, -0.15) is 4.98 Å². The van der Waals surface area contributed by atoms with Gasteiger partial charge in [0.15, 0.2) is 0 Å². The zero-order valence-corrected chi connectivity index (χ0v) is 12.9. The number of anilines is 1. The maximum absolute atomic E-state index is 10.0. The van der Waals surface area contributed by atoms with Gasteiger partial charge in [0, 0.05) is 31.7 Å². The molecule has 22 heavy (non-hydrogen) atoms. The molecule has 1 saturated carbocycles. The lowest BCUT2D eigenvalue weighted by Crippen LogP contribution is -2.44. The largest absolute Gasteiger partial charge is 0.471 e. The average Bonchev–Trinajstić information content (AvgIpc) is 3.17. The highest BCUT2D eigenvalue weighted by Gasteiger charge is 2.30. The van der Waals surface area contributed by atoms with E-state index in [4.69, 9.17) is 14.7 Å². The summed E-state index contributed by atoms with van der Waals surface area (Å²) >= 11 is 0. The Hall–Kier alpha value is -1.40. The van der Waals surface area contributed by atoms with Gasteiger partial charge in [0.25, 0.3) is 0 Å². The number of hydrogen-bond donors (Lipinski definition) is 2. The van der Waals surface area contributed by atoms with Gasteiger partial charge in [0.05, 0.1) is 11.8 Å². The first kappa shape index (κ1) is 14.2. The molecule has 0 amide bonds. The zero-order valence-electron chi connectivity index (χ0n) is 12.9. The van der Waals surface area contributed by atoms with Crippen molar-refractivity contribution in [3.63, 3.8) is 0 Å². The van der Waals surface area contributed by atoms with Gasteiger partial charge in [-0.25, -0.2) is 4.98 Å². The third kappa shape index (κ3) is 2.65. The Bertz CT molecular complexity index is 545. The Kier molecular flexibility index (Phi) is 3.88. The molecule has 2 heterocycles. The van der Waals surface area contributed by atoms with Crippen LogP contribution in [0.3, 0.4) is 0 Å². The summed E-state index contributed by atoms with van der Waals surface area (Å²) in [7, 11) is 0. The van der Waals surface area contributed by atoms with Gasteiger partial charge in [0.2, 0.25) is 11.8 Å². The van der Waals surface area contributed by atoms with Crippen molar-refractivity contribution in [3.8, 4) is 5.88 Å². The van der Waals surface area contributed by atoms with Crippen LogP contribution in [0.2, 0.25) is 0 Å². The number of nitrogens with one attached hydrogen (secondary N) is 1. The molecule has 0 bridgehead atoms. The van der Waals surface area contributed by atoms with E-state index >= 15 is 0 Å². The van der Waals surface area contributed by atoms with Gasteiger partial charge >= 0.3 is 0 Å². The third-order valence-corrected chi connectivity index (χ3v) is 4.96. The molecule has 2 fully saturated rings. The summed E-state index contributed by atoms with van der Waals surface area (Å²) in [5.74, 6) is 1.52. The number of piperazine rings is 1. The Labute approximate surface area is 130 Å². The topological polar surface area (TPSA) is 70.5 Å². The van der Waals surface area contributed by atoms with Crippen LogP contribution in [0.25, 0.3) is 0 Å². The molecule has 120 valence electrons. The average molecular weight is 304 g/mol. The molecule has 0 radical (unpaired) electrons. The van der Waals surface area contributed by atoms with E-state index in [9.17, 15) is 5.11 Å². The predicted octanol–water partition coefficient (Wildman–Crippen LogP) is 0.667. The third-order valence-electron chi connectivity index (χ3n) is 4.96. The molecule has 2 aliphatic carbocycles. The van der Waals surface area contributed by atoms with Gasteiger partial charge in [-0.15, -0.1) is 0 Å². The number of aryl methyl sites for hydroxylation is 1. The summed E-state index contributed by atoms with van der Waals surface area (Å²) in [6.07, 6.45) is 5.47. The lowest BCUT2D eigenvalue weighted by molar-refractivity contribution is 0.0567. The zero-order chi connectivity index (χ0) is 14.9. The first-order valence-electron chi connectivity index (χ1n) is 8.51. The highest BCUT2D eigenvalue weighted by Crippen LogP contribution is 2.33. The Morgan fingerprint density at radius 3 is 2.73 bits per heavy atom. The Balaban J connectivity index is 1.62. The molecular weight excluding hydrogens is 280 g/mol. The van der Waals surface area contributed by atoms with Crippen LogP contribution in [0.1, 0.15) is 36.9 Å². The molecule has 3 aliphatic rings. The van der Waals surface area contributed by atoms with Crippen LogP contribution in [0.15, 0.2) is 0 Å². The first-order chi connectivity index (χ1) is 10.8. The maximum atomic E-state index is 10.0. The highest BCUT2D eigenvalue weighted by molar-refractivity contribution is 5.43. The van der Waals surface area contributed by atoms with Crippen molar-refractivity contribution in [1.82, 2.24) is 15.3 Å². The van der Waals surface area contributed by atoms with Crippen LogP contribution in [0.5, 0.6) is 5.88 Å². The van der Waals surface area contributed by atoms with Gasteiger partial charge in [0.1, 0.15) is 6.10 Å². The smallest absolute Gasteiger partial charge is 0.228 e. The molecule has 0 spiro atoms. The number of aromatic nitrogens is 2. The highest BCUT2D eigenvalue weighted by atomic mass is 16.5. The molecule has 6 nitrogen and oxygen atoms in total. The van der Waals surface area contributed by atoms with Crippen molar-refractivity contribution < 1.29 is 9.84 Å². The summed E-state index contributed by atoms with van der Waals surface area (Å²) < 4.78 is 6.12.